The number of para-hydroxylation sites is 1. The van der Waals surface area contributed by atoms with Crippen molar-refractivity contribution in [2.75, 3.05) is 59.4 Å². The highest BCUT2D eigenvalue weighted by Crippen LogP contribution is 2.25. The third-order valence-electron chi connectivity index (χ3n) is 7.75. The quantitative estimate of drug-likeness (QED) is 0.546. The molecule has 0 unspecified atom stereocenters. The number of carbonyl (C=O) groups is 1. The predicted octanol–water partition coefficient (Wildman–Crippen LogP) is 3.27. The van der Waals surface area contributed by atoms with Crippen LogP contribution in [0.1, 0.15) is 24.1 Å². The van der Waals surface area contributed by atoms with Crippen molar-refractivity contribution in [1.82, 2.24) is 24.6 Å². The van der Waals surface area contributed by atoms with Crippen LogP contribution in [0.25, 0.3) is 10.9 Å². The standard InChI is InChI=1S/C29H39N5O/c1-31-17-19-32(20-18-31)16-13-30-29(35)25-11-14-33(15-12-25)23-27-21-26-9-5-6-10-28(26)34(27)22-24-7-3-2-4-8-24/h2-10,21,25H,11-20,22-23H2,1H3,(H,30,35). The molecule has 5 rings (SSSR count). The first kappa shape index (κ1) is 24.0. The molecule has 0 atom stereocenters. The van der Waals surface area contributed by atoms with Crippen molar-refractivity contribution in [2.24, 2.45) is 5.92 Å². The van der Waals surface area contributed by atoms with Crippen molar-refractivity contribution in [3.8, 4) is 0 Å². The molecule has 1 aromatic heterocycles. The highest BCUT2D eigenvalue weighted by atomic mass is 16.1. The van der Waals surface area contributed by atoms with Gasteiger partial charge in [0.05, 0.1) is 0 Å². The maximum atomic E-state index is 12.8. The molecule has 3 heterocycles. The second-order valence-electron chi connectivity index (χ2n) is 10.3. The summed E-state index contributed by atoms with van der Waals surface area (Å²) < 4.78 is 2.46. The molecule has 0 saturated carbocycles. The Morgan fingerprint density at radius 3 is 2.34 bits per heavy atom. The number of nitrogens with zero attached hydrogens (tertiary/aromatic N) is 4. The molecule has 2 aliphatic rings. The molecule has 2 aromatic carbocycles. The van der Waals surface area contributed by atoms with Crippen LogP contribution < -0.4 is 5.32 Å². The van der Waals surface area contributed by atoms with Crippen LogP contribution in [0.2, 0.25) is 0 Å². The minimum absolute atomic E-state index is 0.147. The first-order valence-electron chi connectivity index (χ1n) is 13.2. The fourth-order valence-corrected chi connectivity index (χ4v) is 5.49. The molecule has 2 saturated heterocycles. The summed E-state index contributed by atoms with van der Waals surface area (Å²) in [5.74, 6) is 0.394. The Bertz CT molecular complexity index is 1090. The third kappa shape index (κ3) is 6.13. The summed E-state index contributed by atoms with van der Waals surface area (Å²) in [6.07, 6.45) is 1.89. The minimum Gasteiger partial charge on any atom is -0.355 e. The molecule has 6 nitrogen and oxygen atoms in total. The van der Waals surface area contributed by atoms with Crippen LogP contribution in [0, 0.1) is 5.92 Å². The normalized spacial score (nSPS) is 18.8. The second-order valence-corrected chi connectivity index (χ2v) is 10.3. The van der Waals surface area contributed by atoms with Gasteiger partial charge in [-0.25, -0.2) is 0 Å². The van der Waals surface area contributed by atoms with Crippen molar-refractivity contribution in [2.45, 2.75) is 25.9 Å². The lowest BCUT2D eigenvalue weighted by Crippen LogP contribution is -2.47. The maximum absolute atomic E-state index is 12.8. The molecule has 1 N–H and O–H groups in total. The van der Waals surface area contributed by atoms with Crippen LogP contribution in [0.4, 0.5) is 0 Å². The molecule has 1 amide bonds. The highest BCUT2D eigenvalue weighted by molar-refractivity contribution is 5.81. The molecule has 0 spiro atoms. The van der Waals surface area contributed by atoms with Crippen LogP contribution in [0.15, 0.2) is 60.7 Å². The number of likely N-dealkylation sites (tertiary alicyclic amines) is 1. The molecule has 2 aliphatic heterocycles. The van der Waals surface area contributed by atoms with Crippen molar-refractivity contribution in [3.05, 3.63) is 71.9 Å². The van der Waals surface area contributed by atoms with Crippen molar-refractivity contribution < 1.29 is 4.79 Å². The number of nitrogens with one attached hydrogen (secondary N) is 1. The van der Waals surface area contributed by atoms with E-state index in [0.29, 0.717) is 0 Å². The van der Waals surface area contributed by atoms with E-state index in [1.165, 1.54) is 22.2 Å². The largest absolute Gasteiger partial charge is 0.355 e. The number of hydrogen-bond acceptors (Lipinski definition) is 4. The lowest BCUT2D eigenvalue weighted by atomic mass is 9.96. The number of amides is 1. The zero-order chi connectivity index (χ0) is 24.0. The van der Waals surface area contributed by atoms with Crippen LogP contribution in [-0.2, 0) is 17.9 Å². The Morgan fingerprint density at radius 1 is 0.857 bits per heavy atom. The molecule has 0 bridgehead atoms. The summed E-state index contributed by atoms with van der Waals surface area (Å²) in [6.45, 7) is 9.94. The Kier molecular flexibility index (Phi) is 7.82. The Balaban J connectivity index is 1.14. The summed E-state index contributed by atoms with van der Waals surface area (Å²) in [7, 11) is 2.17. The topological polar surface area (TPSA) is 43.8 Å². The van der Waals surface area contributed by atoms with E-state index in [2.05, 4.69) is 92.3 Å². The highest BCUT2D eigenvalue weighted by Gasteiger charge is 2.26. The Labute approximate surface area is 209 Å². The van der Waals surface area contributed by atoms with Crippen LogP contribution in [-0.4, -0.2) is 84.6 Å². The van der Waals surface area contributed by atoms with Gasteiger partial charge >= 0.3 is 0 Å². The summed E-state index contributed by atoms with van der Waals surface area (Å²) in [4.78, 5) is 20.1. The molecular weight excluding hydrogens is 434 g/mol. The van der Waals surface area contributed by atoms with Gasteiger partial charge in [0.15, 0.2) is 0 Å². The van der Waals surface area contributed by atoms with Gasteiger partial charge in [0.1, 0.15) is 0 Å². The van der Waals surface area contributed by atoms with E-state index < -0.39 is 0 Å². The number of piperidine rings is 1. The van der Waals surface area contributed by atoms with E-state index in [0.717, 1.165) is 78.3 Å². The fourth-order valence-electron chi connectivity index (χ4n) is 5.49. The van der Waals surface area contributed by atoms with E-state index >= 15 is 0 Å². The number of fused-ring (bicyclic) bond motifs is 1. The maximum Gasteiger partial charge on any atom is 0.223 e. The second kappa shape index (κ2) is 11.4. The minimum atomic E-state index is 0.147. The van der Waals surface area contributed by atoms with Gasteiger partial charge in [-0.15, -0.1) is 0 Å². The Hall–Kier alpha value is -2.67. The third-order valence-corrected chi connectivity index (χ3v) is 7.75. The predicted molar refractivity (Wildman–Crippen MR) is 142 cm³/mol. The van der Waals surface area contributed by atoms with Crippen molar-refractivity contribution in [1.29, 1.82) is 0 Å². The first-order chi connectivity index (χ1) is 17.2. The SMILES string of the molecule is CN1CCN(CCNC(=O)C2CCN(Cc3cc4ccccc4n3Cc3ccccc3)CC2)CC1. The van der Waals surface area contributed by atoms with E-state index in [1.807, 2.05) is 0 Å². The fraction of sp³-hybridized carbons (Fsp3) is 0.483. The molecular formula is C29H39N5O. The van der Waals surface area contributed by atoms with Gasteiger partial charge in [-0.1, -0.05) is 48.5 Å². The summed E-state index contributed by atoms with van der Waals surface area (Å²) in [5.41, 5.74) is 3.97. The van der Waals surface area contributed by atoms with Gasteiger partial charge in [-0.2, -0.15) is 0 Å². The lowest BCUT2D eigenvalue weighted by Gasteiger charge is -2.33. The smallest absolute Gasteiger partial charge is 0.223 e. The van der Waals surface area contributed by atoms with E-state index in [4.69, 9.17) is 0 Å². The number of benzene rings is 2. The number of hydrogen-bond donors (Lipinski definition) is 1. The van der Waals surface area contributed by atoms with E-state index in [9.17, 15) is 4.79 Å². The van der Waals surface area contributed by atoms with Gasteiger partial charge in [-0.05, 0) is 56.1 Å². The van der Waals surface area contributed by atoms with Crippen LogP contribution in [0.3, 0.4) is 0 Å². The number of likely N-dealkylation sites (N-methyl/N-ethyl adjacent to an activating group) is 1. The zero-order valence-electron chi connectivity index (χ0n) is 21.0. The number of carbonyl (C=O) groups excluding carboxylic acids is 1. The average molecular weight is 474 g/mol. The molecule has 2 fully saturated rings. The van der Waals surface area contributed by atoms with E-state index in [-0.39, 0.29) is 11.8 Å². The van der Waals surface area contributed by atoms with E-state index in [1.54, 1.807) is 0 Å². The Morgan fingerprint density at radius 2 is 1.57 bits per heavy atom. The van der Waals surface area contributed by atoms with Gasteiger partial charge in [0, 0.05) is 69.5 Å². The van der Waals surface area contributed by atoms with Crippen LogP contribution in [0.5, 0.6) is 0 Å². The van der Waals surface area contributed by atoms with Gasteiger partial charge in [-0.3, -0.25) is 14.6 Å². The average Bonchev–Trinajstić information content (AvgIpc) is 3.23. The molecule has 186 valence electrons. The van der Waals surface area contributed by atoms with Crippen molar-refractivity contribution >= 4 is 16.8 Å². The van der Waals surface area contributed by atoms with Crippen LogP contribution >= 0.6 is 0 Å². The zero-order valence-corrected chi connectivity index (χ0v) is 21.0. The van der Waals surface area contributed by atoms with Gasteiger partial charge in [0.25, 0.3) is 0 Å². The monoisotopic (exact) mass is 473 g/mol. The lowest BCUT2D eigenvalue weighted by molar-refractivity contribution is -0.126. The van der Waals surface area contributed by atoms with Crippen molar-refractivity contribution in [3.63, 3.8) is 0 Å². The molecule has 3 aromatic rings. The summed E-state index contributed by atoms with van der Waals surface area (Å²) in [5, 5.41) is 4.51. The summed E-state index contributed by atoms with van der Waals surface area (Å²) >= 11 is 0. The number of rotatable bonds is 8. The molecule has 0 radical (unpaired) electrons. The molecule has 6 heteroatoms. The first-order valence-corrected chi connectivity index (χ1v) is 13.2. The number of piperazine rings is 1. The van der Waals surface area contributed by atoms with Gasteiger partial charge in [0.2, 0.25) is 5.91 Å². The van der Waals surface area contributed by atoms with Gasteiger partial charge < -0.3 is 14.8 Å². The molecule has 35 heavy (non-hydrogen) atoms. The molecule has 0 aliphatic carbocycles. The summed E-state index contributed by atoms with van der Waals surface area (Å²) in [6, 6.07) is 21.7. The number of aromatic nitrogens is 1.